The van der Waals surface area contributed by atoms with Gasteiger partial charge in [0.05, 0.1) is 32.3 Å². The number of hydrogen-bond acceptors (Lipinski definition) is 8. The Labute approximate surface area is 206 Å². The first-order valence-corrected chi connectivity index (χ1v) is 12.6. The predicted octanol–water partition coefficient (Wildman–Crippen LogP) is 1.58. The van der Waals surface area contributed by atoms with Crippen molar-refractivity contribution in [3.8, 4) is 0 Å². The molecule has 3 aliphatic heterocycles. The van der Waals surface area contributed by atoms with Crippen LogP contribution >= 0.6 is 22.9 Å². The van der Waals surface area contributed by atoms with Crippen LogP contribution < -0.4 is 0 Å². The fourth-order valence-electron chi connectivity index (χ4n) is 4.82. The van der Waals surface area contributed by atoms with Gasteiger partial charge in [-0.25, -0.2) is 0 Å². The smallest absolute Gasteiger partial charge is 0.227 e. The van der Waals surface area contributed by atoms with Gasteiger partial charge in [0, 0.05) is 39.9 Å². The molecule has 2 aromatic rings. The third kappa shape index (κ3) is 4.29. The van der Waals surface area contributed by atoms with E-state index in [4.69, 9.17) is 25.8 Å². The maximum Gasteiger partial charge on any atom is 0.227 e. The zero-order valence-electron chi connectivity index (χ0n) is 18.8. The van der Waals surface area contributed by atoms with Gasteiger partial charge in [0.1, 0.15) is 18.3 Å². The van der Waals surface area contributed by atoms with E-state index in [1.54, 1.807) is 24.3 Å². The molecule has 3 aliphatic rings. The van der Waals surface area contributed by atoms with Crippen LogP contribution in [-0.2, 0) is 44.2 Å². The highest BCUT2D eigenvalue weighted by Gasteiger charge is 2.57. The number of hydrogen-bond donors (Lipinski definition) is 3. The van der Waals surface area contributed by atoms with Crippen LogP contribution in [0.2, 0.25) is 5.02 Å². The van der Waals surface area contributed by atoms with Crippen LogP contribution in [0.3, 0.4) is 0 Å². The number of aliphatic hydroxyl groups excluding tert-OH is 3. The molecular formula is C24H28ClNO7S. The van der Waals surface area contributed by atoms with Gasteiger partial charge in [0.15, 0.2) is 0 Å². The molecule has 10 heteroatoms. The van der Waals surface area contributed by atoms with E-state index in [1.807, 2.05) is 23.1 Å². The molecule has 0 radical (unpaired) electrons. The minimum absolute atomic E-state index is 0.102. The van der Waals surface area contributed by atoms with Gasteiger partial charge in [-0.1, -0.05) is 11.6 Å². The Morgan fingerprint density at radius 2 is 1.91 bits per heavy atom. The van der Waals surface area contributed by atoms with Crippen molar-refractivity contribution in [2.24, 2.45) is 0 Å². The quantitative estimate of drug-likeness (QED) is 0.574. The molecule has 184 valence electrons. The average Bonchev–Trinajstić information content (AvgIpc) is 3.42. The minimum Gasteiger partial charge on any atom is -0.388 e. The number of nitrogens with zero attached hydrogens (tertiary/aromatic N) is 1. The number of amides is 1. The van der Waals surface area contributed by atoms with Crippen molar-refractivity contribution >= 4 is 28.8 Å². The molecule has 0 aliphatic carbocycles. The largest absolute Gasteiger partial charge is 0.388 e. The zero-order valence-corrected chi connectivity index (χ0v) is 20.3. The zero-order chi connectivity index (χ0) is 24.0. The summed E-state index contributed by atoms with van der Waals surface area (Å²) in [5, 5.41) is 31.8. The summed E-state index contributed by atoms with van der Waals surface area (Å²) in [6, 6.07) is 7.62. The lowest BCUT2D eigenvalue weighted by molar-refractivity contribution is -0.362. The normalized spacial score (nSPS) is 31.1. The Morgan fingerprint density at radius 3 is 2.68 bits per heavy atom. The Balaban J connectivity index is 1.35. The van der Waals surface area contributed by atoms with Crippen LogP contribution in [-0.4, -0.2) is 76.8 Å². The molecule has 34 heavy (non-hydrogen) atoms. The van der Waals surface area contributed by atoms with Gasteiger partial charge in [-0.2, -0.15) is 0 Å². The Hall–Kier alpha value is -1.56. The van der Waals surface area contributed by atoms with E-state index in [0.29, 0.717) is 49.7 Å². The second kappa shape index (κ2) is 9.48. The molecule has 5 rings (SSSR count). The molecule has 1 spiro atoms. The number of carbonyl (C=O) groups excluding carboxylic acids is 1. The molecule has 1 aromatic carbocycles. The number of fused-ring (bicyclic) bond motifs is 2. The highest BCUT2D eigenvalue weighted by molar-refractivity contribution is 7.12. The standard InChI is InChI=1S/C24H28ClNO7S/c1-13-21(28)22(29)23(30)24(33-13)18-9-14(19(25)10-15(18)12-32-24)8-16-2-3-17(34-16)11-20(27)26-4-6-31-7-5-26/h2-3,9-10,13,21-23,28-30H,4-8,11-12H2,1H3/t13-,21-,22+,23-,24+/m1/s1. The molecule has 0 unspecified atom stereocenters. The van der Waals surface area contributed by atoms with Gasteiger partial charge in [-0.05, 0) is 42.3 Å². The number of ether oxygens (including phenoxy) is 3. The Morgan fingerprint density at radius 1 is 1.18 bits per heavy atom. The van der Waals surface area contributed by atoms with E-state index in [9.17, 15) is 20.1 Å². The number of benzene rings is 1. The third-order valence-electron chi connectivity index (χ3n) is 6.77. The van der Waals surface area contributed by atoms with Crippen molar-refractivity contribution in [1.82, 2.24) is 4.90 Å². The highest BCUT2D eigenvalue weighted by Crippen LogP contribution is 2.47. The number of rotatable bonds is 4. The molecule has 2 fully saturated rings. The van der Waals surface area contributed by atoms with Crippen molar-refractivity contribution in [2.75, 3.05) is 26.3 Å². The summed E-state index contributed by atoms with van der Waals surface area (Å²) in [6.45, 7) is 4.22. The molecule has 8 nitrogen and oxygen atoms in total. The Kier molecular flexibility index (Phi) is 6.73. The summed E-state index contributed by atoms with van der Waals surface area (Å²) >= 11 is 8.15. The summed E-state index contributed by atoms with van der Waals surface area (Å²) in [6.07, 6.45) is -3.91. The molecule has 5 atom stereocenters. The van der Waals surface area contributed by atoms with Crippen LogP contribution in [0.25, 0.3) is 0 Å². The first-order valence-electron chi connectivity index (χ1n) is 11.4. The maximum absolute atomic E-state index is 12.6. The monoisotopic (exact) mass is 509 g/mol. The lowest BCUT2D eigenvalue weighted by Gasteiger charge is -2.45. The van der Waals surface area contributed by atoms with E-state index in [-0.39, 0.29) is 12.5 Å². The van der Waals surface area contributed by atoms with Crippen LogP contribution in [0, 0.1) is 0 Å². The highest BCUT2D eigenvalue weighted by atomic mass is 35.5. The maximum atomic E-state index is 12.6. The number of morpholine rings is 1. The minimum atomic E-state index is -1.56. The fourth-order valence-corrected chi connectivity index (χ4v) is 6.11. The van der Waals surface area contributed by atoms with Gasteiger partial charge >= 0.3 is 0 Å². The molecule has 1 amide bonds. The summed E-state index contributed by atoms with van der Waals surface area (Å²) < 4.78 is 17.1. The van der Waals surface area contributed by atoms with Gasteiger partial charge in [0.2, 0.25) is 11.7 Å². The predicted molar refractivity (Wildman–Crippen MR) is 125 cm³/mol. The second-order valence-corrected chi connectivity index (χ2v) is 10.7. The van der Waals surface area contributed by atoms with Crippen molar-refractivity contribution in [1.29, 1.82) is 0 Å². The van der Waals surface area contributed by atoms with Crippen LogP contribution in [0.4, 0.5) is 0 Å². The molecule has 4 heterocycles. The first-order chi connectivity index (χ1) is 16.3. The summed E-state index contributed by atoms with van der Waals surface area (Å²) in [7, 11) is 0. The van der Waals surface area contributed by atoms with Crippen molar-refractivity contribution in [2.45, 2.75) is 56.6 Å². The fraction of sp³-hybridized carbons (Fsp3) is 0.542. The molecule has 0 saturated carbocycles. The topological polar surface area (TPSA) is 109 Å². The average molecular weight is 510 g/mol. The molecular weight excluding hydrogens is 482 g/mol. The van der Waals surface area contributed by atoms with Crippen LogP contribution in [0.5, 0.6) is 0 Å². The van der Waals surface area contributed by atoms with Crippen LogP contribution in [0.15, 0.2) is 24.3 Å². The number of thiophene rings is 1. The van der Waals surface area contributed by atoms with E-state index >= 15 is 0 Å². The summed E-state index contributed by atoms with van der Waals surface area (Å²) in [5.74, 6) is -1.46. The molecule has 3 N–H and O–H groups in total. The van der Waals surface area contributed by atoms with E-state index in [1.165, 1.54) is 0 Å². The number of aliphatic hydroxyl groups is 3. The molecule has 0 bridgehead atoms. The second-order valence-electron chi connectivity index (χ2n) is 9.02. The van der Waals surface area contributed by atoms with Crippen molar-refractivity contribution in [3.05, 3.63) is 55.7 Å². The van der Waals surface area contributed by atoms with Gasteiger partial charge in [-0.15, -0.1) is 11.3 Å². The number of halogens is 1. The first kappa shape index (κ1) is 24.1. The molecule has 2 saturated heterocycles. The van der Waals surface area contributed by atoms with Crippen molar-refractivity contribution in [3.63, 3.8) is 0 Å². The third-order valence-corrected chi connectivity index (χ3v) is 8.20. The lowest BCUT2D eigenvalue weighted by Crippen LogP contribution is -2.62. The number of carbonyl (C=O) groups is 1. The van der Waals surface area contributed by atoms with Gasteiger partial charge in [-0.3, -0.25) is 4.79 Å². The lowest BCUT2D eigenvalue weighted by atomic mass is 9.87. The Bertz CT molecular complexity index is 1070. The summed E-state index contributed by atoms with van der Waals surface area (Å²) in [4.78, 5) is 16.4. The summed E-state index contributed by atoms with van der Waals surface area (Å²) in [5.41, 5.74) is 2.20. The van der Waals surface area contributed by atoms with Crippen molar-refractivity contribution < 1.29 is 34.3 Å². The van der Waals surface area contributed by atoms with Crippen LogP contribution in [0.1, 0.15) is 33.4 Å². The van der Waals surface area contributed by atoms with E-state index in [0.717, 1.165) is 20.9 Å². The van der Waals surface area contributed by atoms with E-state index < -0.39 is 30.2 Å². The van der Waals surface area contributed by atoms with E-state index in [2.05, 4.69) is 0 Å². The molecule has 1 aromatic heterocycles. The van der Waals surface area contributed by atoms with Gasteiger partial charge in [0.25, 0.3) is 0 Å². The SMILES string of the molecule is C[C@H]1O[C@]2(OCc3cc(Cl)c(Cc4ccc(CC(=O)N5CCOCC5)s4)cc32)[C@H](O)[C@@H](O)[C@@H]1O. The van der Waals surface area contributed by atoms with Gasteiger partial charge < -0.3 is 34.4 Å².